The first-order valence-electron chi connectivity index (χ1n) is 8.63. The molecule has 3 aromatic carbocycles. The van der Waals surface area contributed by atoms with Gasteiger partial charge in [-0.3, -0.25) is 0 Å². The Balaban J connectivity index is 1.92. The van der Waals surface area contributed by atoms with Crippen molar-refractivity contribution in [1.82, 2.24) is 0 Å². The molecule has 0 saturated heterocycles. The van der Waals surface area contributed by atoms with Crippen LogP contribution in [0.2, 0.25) is 5.02 Å². The van der Waals surface area contributed by atoms with E-state index in [-0.39, 0.29) is 0 Å². The lowest BCUT2D eigenvalue weighted by molar-refractivity contribution is 0.284. The SMILES string of the molecule is COc1cc(C=C(C#N)c2cccc(Br)c2)c(Br)cc1OCc1ccccc1Cl. The van der Waals surface area contributed by atoms with Crippen molar-refractivity contribution in [2.75, 3.05) is 7.11 Å². The molecule has 0 fully saturated rings. The zero-order valence-electron chi connectivity index (χ0n) is 15.5. The molecular weight excluding hydrogens is 518 g/mol. The van der Waals surface area contributed by atoms with Crippen LogP contribution in [0, 0.1) is 11.3 Å². The maximum Gasteiger partial charge on any atom is 0.162 e. The molecule has 146 valence electrons. The number of allylic oxidation sites excluding steroid dienone is 1. The Morgan fingerprint density at radius 2 is 1.86 bits per heavy atom. The molecule has 0 amide bonds. The molecule has 3 aromatic rings. The van der Waals surface area contributed by atoms with E-state index < -0.39 is 0 Å². The van der Waals surface area contributed by atoms with Crippen LogP contribution < -0.4 is 9.47 Å². The van der Waals surface area contributed by atoms with Gasteiger partial charge in [0.05, 0.1) is 18.8 Å². The van der Waals surface area contributed by atoms with E-state index in [9.17, 15) is 5.26 Å². The molecule has 0 atom stereocenters. The molecule has 3 rings (SSSR count). The maximum atomic E-state index is 9.62. The third kappa shape index (κ3) is 5.42. The predicted octanol–water partition coefficient (Wildman–Crippen LogP) is 7.52. The summed E-state index contributed by atoms with van der Waals surface area (Å²) in [6.45, 7) is 0.319. The van der Waals surface area contributed by atoms with E-state index in [2.05, 4.69) is 37.9 Å². The molecule has 0 spiro atoms. The highest BCUT2D eigenvalue weighted by Crippen LogP contribution is 2.36. The molecule has 29 heavy (non-hydrogen) atoms. The third-order valence-electron chi connectivity index (χ3n) is 4.18. The summed E-state index contributed by atoms with van der Waals surface area (Å²) in [7, 11) is 1.58. The molecule has 0 aliphatic heterocycles. The largest absolute Gasteiger partial charge is 0.493 e. The molecule has 0 unspecified atom stereocenters. The van der Waals surface area contributed by atoms with Crippen LogP contribution in [0.25, 0.3) is 11.6 Å². The van der Waals surface area contributed by atoms with E-state index in [4.69, 9.17) is 21.1 Å². The van der Waals surface area contributed by atoms with Gasteiger partial charge in [0.2, 0.25) is 0 Å². The first-order chi connectivity index (χ1) is 14.0. The molecule has 0 N–H and O–H groups in total. The smallest absolute Gasteiger partial charge is 0.162 e. The summed E-state index contributed by atoms with van der Waals surface area (Å²) >= 11 is 13.2. The Morgan fingerprint density at radius 1 is 1.07 bits per heavy atom. The monoisotopic (exact) mass is 531 g/mol. The van der Waals surface area contributed by atoms with Gasteiger partial charge in [0.15, 0.2) is 11.5 Å². The Kier molecular flexibility index (Phi) is 7.38. The summed E-state index contributed by atoms with van der Waals surface area (Å²) < 4.78 is 13.1. The molecular formula is C23H16Br2ClNO2. The second-order valence-corrected chi connectivity index (χ2v) is 8.26. The van der Waals surface area contributed by atoms with Crippen LogP contribution in [-0.4, -0.2) is 7.11 Å². The van der Waals surface area contributed by atoms with Crippen LogP contribution >= 0.6 is 43.5 Å². The third-order valence-corrected chi connectivity index (χ3v) is 5.73. The quantitative estimate of drug-likeness (QED) is 0.243. The Hall–Kier alpha value is -2.26. The summed E-state index contributed by atoms with van der Waals surface area (Å²) in [6.07, 6.45) is 1.81. The zero-order valence-corrected chi connectivity index (χ0v) is 19.4. The average Bonchev–Trinajstić information content (AvgIpc) is 2.72. The van der Waals surface area contributed by atoms with Gasteiger partial charge in [0, 0.05) is 19.5 Å². The molecule has 0 aromatic heterocycles. The highest BCUT2D eigenvalue weighted by molar-refractivity contribution is 9.10. The van der Waals surface area contributed by atoms with Gasteiger partial charge in [-0.2, -0.15) is 5.26 Å². The summed E-state index contributed by atoms with van der Waals surface area (Å²) in [5.74, 6) is 1.15. The number of hydrogen-bond acceptors (Lipinski definition) is 3. The normalized spacial score (nSPS) is 11.1. The summed E-state index contributed by atoms with van der Waals surface area (Å²) in [4.78, 5) is 0. The van der Waals surface area contributed by atoms with Crippen molar-refractivity contribution in [2.24, 2.45) is 0 Å². The number of hydrogen-bond donors (Lipinski definition) is 0. The van der Waals surface area contributed by atoms with Gasteiger partial charge in [-0.1, -0.05) is 73.8 Å². The average molecular weight is 534 g/mol. The lowest BCUT2D eigenvalue weighted by Crippen LogP contribution is -1.99. The molecule has 0 radical (unpaired) electrons. The van der Waals surface area contributed by atoms with Crippen molar-refractivity contribution in [2.45, 2.75) is 6.61 Å². The van der Waals surface area contributed by atoms with Crippen molar-refractivity contribution in [1.29, 1.82) is 5.26 Å². The van der Waals surface area contributed by atoms with E-state index >= 15 is 0 Å². The molecule has 0 aliphatic rings. The summed E-state index contributed by atoms with van der Waals surface area (Å²) in [6, 6.07) is 21.1. The number of ether oxygens (including phenoxy) is 2. The Labute approximate surface area is 191 Å². The predicted molar refractivity (Wildman–Crippen MR) is 124 cm³/mol. The van der Waals surface area contributed by atoms with E-state index in [0.29, 0.717) is 28.7 Å². The molecule has 0 bridgehead atoms. The first-order valence-corrected chi connectivity index (χ1v) is 10.6. The second kappa shape index (κ2) is 9.98. The van der Waals surface area contributed by atoms with Gasteiger partial charge in [0.25, 0.3) is 0 Å². The van der Waals surface area contributed by atoms with Gasteiger partial charge in [0.1, 0.15) is 6.61 Å². The fourth-order valence-corrected chi connectivity index (χ4v) is 3.72. The lowest BCUT2D eigenvalue weighted by Gasteiger charge is -2.14. The van der Waals surface area contributed by atoms with E-state index in [1.165, 1.54) is 0 Å². The number of nitriles is 1. The highest BCUT2D eigenvalue weighted by Gasteiger charge is 2.12. The van der Waals surface area contributed by atoms with Gasteiger partial charge < -0.3 is 9.47 Å². The minimum atomic E-state index is 0.319. The van der Waals surface area contributed by atoms with Crippen molar-refractivity contribution >= 4 is 55.1 Å². The number of halogens is 3. The van der Waals surface area contributed by atoms with E-state index in [1.54, 1.807) is 7.11 Å². The van der Waals surface area contributed by atoms with E-state index in [0.717, 1.165) is 25.6 Å². The molecule has 0 saturated carbocycles. The van der Waals surface area contributed by atoms with Gasteiger partial charge in [-0.15, -0.1) is 0 Å². The van der Waals surface area contributed by atoms with Crippen LogP contribution in [0.5, 0.6) is 11.5 Å². The Morgan fingerprint density at radius 3 is 2.55 bits per heavy atom. The topological polar surface area (TPSA) is 42.2 Å². The van der Waals surface area contributed by atoms with Crippen molar-refractivity contribution in [3.8, 4) is 17.6 Å². The number of methoxy groups -OCH3 is 1. The number of nitrogens with zero attached hydrogens (tertiary/aromatic N) is 1. The van der Waals surface area contributed by atoms with Crippen LogP contribution in [0.4, 0.5) is 0 Å². The summed E-state index contributed by atoms with van der Waals surface area (Å²) in [5, 5.41) is 10.3. The van der Waals surface area contributed by atoms with Crippen LogP contribution in [-0.2, 0) is 6.61 Å². The van der Waals surface area contributed by atoms with Crippen LogP contribution in [0.15, 0.2) is 69.6 Å². The fourth-order valence-electron chi connectivity index (χ4n) is 2.70. The van der Waals surface area contributed by atoms with Crippen molar-refractivity contribution in [3.63, 3.8) is 0 Å². The van der Waals surface area contributed by atoms with Crippen LogP contribution in [0.3, 0.4) is 0 Å². The fraction of sp³-hybridized carbons (Fsp3) is 0.0870. The van der Waals surface area contributed by atoms with Gasteiger partial charge in [-0.25, -0.2) is 0 Å². The molecule has 0 aliphatic carbocycles. The van der Waals surface area contributed by atoms with E-state index in [1.807, 2.05) is 66.7 Å². The Bertz CT molecular complexity index is 1110. The lowest BCUT2D eigenvalue weighted by atomic mass is 10.0. The minimum absolute atomic E-state index is 0.319. The molecule has 6 heteroatoms. The first kappa shape index (κ1) is 21.4. The molecule has 3 nitrogen and oxygen atoms in total. The van der Waals surface area contributed by atoms with Crippen molar-refractivity contribution in [3.05, 3.63) is 91.3 Å². The minimum Gasteiger partial charge on any atom is -0.493 e. The van der Waals surface area contributed by atoms with Gasteiger partial charge in [-0.05, 0) is 47.5 Å². The molecule has 0 heterocycles. The highest BCUT2D eigenvalue weighted by atomic mass is 79.9. The van der Waals surface area contributed by atoms with Crippen LogP contribution in [0.1, 0.15) is 16.7 Å². The number of rotatable bonds is 6. The van der Waals surface area contributed by atoms with Gasteiger partial charge >= 0.3 is 0 Å². The summed E-state index contributed by atoms with van der Waals surface area (Å²) in [5.41, 5.74) is 3.06. The van der Waals surface area contributed by atoms with Crippen molar-refractivity contribution < 1.29 is 9.47 Å². The maximum absolute atomic E-state index is 9.62. The standard InChI is InChI=1S/C23H16Br2ClNO2/c1-28-22-11-17(9-18(13-27)15-6-4-7-19(24)10-15)20(25)12-23(22)29-14-16-5-2-3-8-21(16)26/h2-12H,14H2,1H3. The zero-order chi connectivity index (χ0) is 20.8. The number of benzene rings is 3. The second-order valence-electron chi connectivity index (χ2n) is 6.08.